The number of alkyl halides is 2. The highest BCUT2D eigenvalue weighted by Crippen LogP contribution is 2.30. The lowest BCUT2D eigenvalue weighted by Crippen LogP contribution is -2.50. The first-order valence-electron chi connectivity index (χ1n) is 14.0. The number of piperazine rings is 1. The number of oxazole rings is 1. The van der Waals surface area contributed by atoms with Crippen LogP contribution in [0.15, 0.2) is 77.5 Å². The minimum absolute atomic E-state index is 0.177. The van der Waals surface area contributed by atoms with Gasteiger partial charge in [0.05, 0.1) is 12.2 Å². The van der Waals surface area contributed by atoms with Crippen LogP contribution in [-0.4, -0.2) is 82.3 Å². The summed E-state index contributed by atoms with van der Waals surface area (Å²) in [5.74, 6) is 0.340. The monoisotopic (exact) mass is 596 g/mol. The van der Waals surface area contributed by atoms with Gasteiger partial charge < -0.3 is 9.32 Å². The van der Waals surface area contributed by atoms with Crippen LogP contribution < -0.4 is 0 Å². The summed E-state index contributed by atoms with van der Waals surface area (Å²) in [6.45, 7) is 0.809. The average Bonchev–Trinajstić information content (AvgIpc) is 3.82. The summed E-state index contributed by atoms with van der Waals surface area (Å²) in [5.41, 5.74) is 5.98. The average molecular weight is 597 g/mol. The van der Waals surface area contributed by atoms with Gasteiger partial charge in [-0.05, 0) is 47.5 Å². The molecule has 0 bridgehead atoms. The van der Waals surface area contributed by atoms with Gasteiger partial charge in [0.15, 0.2) is 11.4 Å². The lowest BCUT2D eigenvalue weighted by atomic mass is 10.0. The quantitative estimate of drug-likeness (QED) is 0.282. The van der Waals surface area contributed by atoms with Gasteiger partial charge in [0.25, 0.3) is 5.91 Å². The van der Waals surface area contributed by atoms with Crippen LogP contribution in [0.25, 0.3) is 33.7 Å². The molecule has 1 N–H and O–H groups in total. The van der Waals surface area contributed by atoms with E-state index in [1.165, 1.54) is 0 Å². The van der Waals surface area contributed by atoms with Crippen LogP contribution in [0.4, 0.5) is 8.78 Å². The molecule has 5 heterocycles. The van der Waals surface area contributed by atoms with Crippen molar-refractivity contribution >= 4 is 17.0 Å². The van der Waals surface area contributed by atoms with Crippen LogP contribution in [-0.2, 0) is 0 Å². The lowest BCUT2D eigenvalue weighted by Gasteiger charge is -2.38. The zero-order valence-electron chi connectivity index (χ0n) is 23.5. The number of rotatable bonds is 7. The maximum absolute atomic E-state index is 13.5. The van der Waals surface area contributed by atoms with E-state index in [1.807, 2.05) is 55.5 Å². The number of halogens is 2. The molecule has 222 valence electrons. The first-order chi connectivity index (χ1) is 21.4. The minimum atomic E-state index is -2.89. The normalized spacial score (nSPS) is 14.9. The number of hydrogen-bond acceptors (Lipinski definition) is 9. The Balaban J connectivity index is 1.08. The van der Waals surface area contributed by atoms with Gasteiger partial charge >= 0.3 is 6.55 Å². The van der Waals surface area contributed by atoms with E-state index < -0.39 is 12.6 Å². The fraction of sp³-hybridized carbons (Fsp3) is 0.233. The molecule has 12 nitrogen and oxygen atoms in total. The number of carbonyl (C=O) groups excluding carboxylic acids is 1. The molecule has 0 aliphatic carbocycles. The number of fused-ring (bicyclic) bond motifs is 1. The molecule has 1 fully saturated rings. The topological polar surface area (TPSA) is 135 Å². The molecular weight excluding hydrogens is 570 g/mol. The first kappa shape index (κ1) is 27.5. The second-order valence-corrected chi connectivity index (χ2v) is 10.4. The number of amides is 1. The van der Waals surface area contributed by atoms with Crippen molar-refractivity contribution < 1.29 is 18.0 Å². The van der Waals surface area contributed by atoms with E-state index in [9.17, 15) is 13.6 Å². The predicted molar refractivity (Wildman–Crippen MR) is 154 cm³/mol. The van der Waals surface area contributed by atoms with Gasteiger partial charge in [-0.2, -0.15) is 13.9 Å². The fourth-order valence-electron chi connectivity index (χ4n) is 5.47. The van der Waals surface area contributed by atoms with E-state index in [0.717, 1.165) is 22.4 Å². The standard InChI is InChI=1S/C30H26F2N10O2/c1-18-22(17-34-36-18)20-7-8-25-23(15-20)35-28(44-25)21-9-10-33-24(16-21)29(43)41-13-11-40(12-14-41)26(19-5-3-2-4-6-19)27-37-39-42(38-27)30(31)32/h2-10,15-17,26,30H,11-14H2,1H3,(H,34,36). The lowest BCUT2D eigenvalue weighted by molar-refractivity contribution is 0.0385. The molecule has 44 heavy (non-hydrogen) atoms. The number of nitrogens with one attached hydrogen (secondary N) is 1. The number of nitrogens with zero attached hydrogens (tertiary/aromatic N) is 9. The van der Waals surface area contributed by atoms with E-state index in [-0.39, 0.29) is 17.4 Å². The third-order valence-electron chi connectivity index (χ3n) is 7.70. The molecule has 1 atom stereocenters. The van der Waals surface area contributed by atoms with Crippen molar-refractivity contribution in [1.82, 2.24) is 50.2 Å². The summed E-state index contributed by atoms with van der Waals surface area (Å²) in [6.07, 6.45) is 3.34. The van der Waals surface area contributed by atoms with Crippen molar-refractivity contribution in [2.24, 2.45) is 0 Å². The Bertz CT molecular complexity index is 1930. The number of hydrogen-bond donors (Lipinski definition) is 1. The Morgan fingerprint density at radius 3 is 2.55 bits per heavy atom. The Hall–Kier alpha value is -5.37. The van der Waals surface area contributed by atoms with E-state index in [2.05, 4.69) is 40.5 Å². The van der Waals surface area contributed by atoms with E-state index in [0.29, 0.717) is 53.5 Å². The van der Waals surface area contributed by atoms with E-state index >= 15 is 0 Å². The third-order valence-corrected chi connectivity index (χ3v) is 7.70. The zero-order chi connectivity index (χ0) is 30.2. The molecule has 7 rings (SSSR count). The maximum atomic E-state index is 13.5. The van der Waals surface area contributed by atoms with Crippen LogP contribution in [0.1, 0.15) is 40.2 Å². The number of aryl methyl sites for hydroxylation is 1. The number of H-pyrrole nitrogens is 1. The summed E-state index contributed by atoms with van der Waals surface area (Å²) in [5, 5.41) is 18.4. The highest BCUT2D eigenvalue weighted by Gasteiger charge is 2.32. The van der Waals surface area contributed by atoms with E-state index in [1.54, 1.807) is 29.4 Å². The molecular formula is C30H26F2N10O2. The maximum Gasteiger partial charge on any atom is 0.350 e. The zero-order valence-corrected chi connectivity index (χ0v) is 23.5. The van der Waals surface area contributed by atoms with E-state index in [4.69, 9.17) is 4.42 Å². The third kappa shape index (κ3) is 5.19. The number of benzene rings is 2. The summed E-state index contributed by atoms with van der Waals surface area (Å²) in [4.78, 5) is 26.6. The van der Waals surface area contributed by atoms with Crippen LogP contribution >= 0.6 is 0 Å². The Labute approximate surface area is 249 Å². The van der Waals surface area contributed by atoms with Gasteiger partial charge in [-0.3, -0.25) is 19.8 Å². The SMILES string of the molecule is Cc1[nH]ncc1-c1ccc2oc(-c3ccnc(C(=O)N4CCN(C(c5ccccc5)c5nnn(C(F)F)n5)CC4)c3)nc2c1. The van der Waals surface area contributed by atoms with Crippen molar-refractivity contribution in [2.45, 2.75) is 19.5 Å². The number of carbonyl (C=O) groups is 1. The molecule has 2 aromatic carbocycles. The Morgan fingerprint density at radius 2 is 1.82 bits per heavy atom. The van der Waals surface area contributed by atoms with Crippen LogP contribution in [0.3, 0.4) is 0 Å². The van der Waals surface area contributed by atoms with Crippen molar-refractivity contribution in [2.75, 3.05) is 26.2 Å². The Kier molecular flexibility index (Phi) is 7.10. The molecule has 1 aliphatic heterocycles. The molecule has 0 radical (unpaired) electrons. The second-order valence-electron chi connectivity index (χ2n) is 10.4. The van der Waals surface area contributed by atoms with Crippen molar-refractivity contribution in [1.29, 1.82) is 0 Å². The summed E-state index contributed by atoms with van der Waals surface area (Å²) >= 11 is 0. The highest BCUT2D eigenvalue weighted by molar-refractivity contribution is 5.93. The van der Waals surface area contributed by atoms with Gasteiger partial charge in [0, 0.05) is 49.2 Å². The molecule has 0 spiro atoms. The molecule has 6 aromatic rings. The summed E-state index contributed by atoms with van der Waals surface area (Å²) in [6, 6.07) is 18.1. The van der Waals surface area contributed by atoms with Crippen LogP contribution in [0.5, 0.6) is 0 Å². The molecule has 14 heteroatoms. The van der Waals surface area contributed by atoms with Crippen molar-refractivity contribution in [3.63, 3.8) is 0 Å². The Morgan fingerprint density at radius 1 is 1.00 bits per heavy atom. The summed E-state index contributed by atoms with van der Waals surface area (Å²) < 4.78 is 32.4. The van der Waals surface area contributed by atoms with Crippen molar-refractivity contribution in [3.8, 4) is 22.6 Å². The smallest absolute Gasteiger partial charge is 0.350 e. The number of aromatic nitrogens is 8. The molecule has 4 aromatic heterocycles. The van der Waals surface area contributed by atoms with Crippen LogP contribution in [0.2, 0.25) is 0 Å². The first-order valence-corrected chi connectivity index (χ1v) is 14.0. The second kappa shape index (κ2) is 11.4. The largest absolute Gasteiger partial charge is 0.436 e. The molecule has 1 amide bonds. The molecule has 1 unspecified atom stereocenters. The van der Waals surface area contributed by atoms with Crippen molar-refractivity contribution in [3.05, 3.63) is 95.8 Å². The summed E-state index contributed by atoms with van der Waals surface area (Å²) in [7, 11) is 0. The van der Waals surface area contributed by atoms with Gasteiger partial charge in [-0.1, -0.05) is 41.2 Å². The fourth-order valence-corrected chi connectivity index (χ4v) is 5.47. The molecule has 1 aliphatic rings. The number of pyridine rings is 1. The molecule has 1 saturated heterocycles. The highest BCUT2D eigenvalue weighted by atomic mass is 19.3. The van der Waals surface area contributed by atoms with Gasteiger partial charge in [0.1, 0.15) is 11.2 Å². The molecule has 0 saturated carbocycles. The van der Waals surface area contributed by atoms with Crippen LogP contribution in [0, 0.1) is 6.92 Å². The predicted octanol–water partition coefficient (Wildman–Crippen LogP) is 4.52. The number of tetrazole rings is 1. The number of aromatic amines is 1. The van der Waals surface area contributed by atoms with Gasteiger partial charge in [-0.15, -0.1) is 10.2 Å². The van der Waals surface area contributed by atoms with Gasteiger partial charge in [-0.25, -0.2) is 4.98 Å². The van der Waals surface area contributed by atoms with Gasteiger partial charge in [0.2, 0.25) is 5.89 Å². The minimum Gasteiger partial charge on any atom is -0.436 e.